The topological polar surface area (TPSA) is 55.0 Å². The van der Waals surface area contributed by atoms with Gasteiger partial charge in [-0.1, -0.05) is 84.9 Å². The van der Waals surface area contributed by atoms with E-state index in [0.29, 0.717) is 11.1 Å². The van der Waals surface area contributed by atoms with Gasteiger partial charge in [-0.2, -0.15) is 0 Å². The molecule has 0 bridgehead atoms. The van der Waals surface area contributed by atoms with Crippen LogP contribution in [0.4, 0.5) is 0 Å². The Labute approximate surface area is 248 Å². The van der Waals surface area contributed by atoms with E-state index in [9.17, 15) is 5.11 Å². The number of pyridine rings is 1. The Morgan fingerprint density at radius 1 is 0.585 bits per heavy atom. The number of rotatable bonds is 3. The molecule has 8 aromatic rings. The molecular weight excluding hydrogens is 497 g/mol. The van der Waals surface area contributed by atoms with Gasteiger partial charge in [0.15, 0.2) is 6.20 Å². The molecule has 0 amide bonds. The Bertz CT molecular complexity index is 2180. The minimum Gasteiger partial charge on any atom is -0.868 e. The zero-order chi connectivity index (χ0) is 26.6. The van der Waals surface area contributed by atoms with Gasteiger partial charge in [0.25, 0.3) is 0 Å². The first-order valence-electron chi connectivity index (χ1n) is 13.4. The Kier molecular flexibility index (Phi) is 6.09. The van der Waals surface area contributed by atoms with Crippen molar-refractivity contribution in [1.29, 1.82) is 0 Å². The van der Waals surface area contributed by atoms with Crippen molar-refractivity contribution >= 4 is 43.5 Å². The minimum atomic E-state index is -0.00215. The van der Waals surface area contributed by atoms with E-state index in [1.807, 2.05) is 48.5 Å². The van der Waals surface area contributed by atoms with Gasteiger partial charge in [-0.3, -0.25) is 4.57 Å². The zero-order valence-corrected chi connectivity index (χ0v) is 22.5. The molecule has 0 fully saturated rings. The van der Waals surface area contributed by atoms with Gasteiger partial charge in [0.2, 0.25) is 5.52 Å². The van der Waals surface area contributed by atoms with E-state index in [2.05, 4.69) is 88.4 Å². The van der Waals surface area contributed by atoms with Crippen molar-refractivity contribution in [2.45, 2.75) is 0 Å². The Balaban J connectivity index is 0.00000276. The second-order valence-corrected chi connectivity index (χ2v) is 10.0. The van der Waals surface area contributed by atoms with Gasteiger partial charge in [0, 0.05) is 22.7 Å². The summed E-state index contributed by atoms with van der Waals surface area (Å²) in [6, 6.07) is 43.2. The monoisotopic (exact) mass is 520 g/mol. The Morgan fingerprint density at radius 2 is 1.20 bits per heavy atom. The molecule has 188 valence electrons. The summed E-state index contributed by atoms with van der Waals surface area (Å²) in [5.41, 5.74) is 6.33. The van der Waals surface area contributed by atoms with Crippen LogP contribution in [0.15, 0.2) is 134 Å². The van der Waals surface area contributed by atoms with Crippen LogP contribution in [0, 0.1) is 0 Å². The van der Waals surface area contributed by atoms with Gasteiger partial charge in [-0.05, 0) is 74.8 Å². The van der Waals surface area contributed by atoms with Crippen LogP contribution in [0.25, 0.3) is 71.7 Å². The van der Waals surface area contributed by atoms with Crippen molar-refractivity contribution in [1.82, 2.24) is 9.55 Å². The maximum absolute atomic E-state index is 13.9. The third kappa shape index (κ3) is 3.84. The van der Waals surface area contributed by atoms with E-state index in [1.165, 1.54) is 0 Å². The summed E-state index contributed by atoms with van der Waals surface area (Å²) < 4.78 is 2.24. The molecule has 0 radical (unpaired) electrons. The van der Waals surface area contributed by atoms with Crippen molar-refractivity contribution in [2.75, 3.05) is 0 Å². The number of nitrogens with one attached hydrogen (secondary N) is 1. The predicted octanol–water partition coefficient (Wildman–Crippen LogP) is 4.71. The van der Waals surface area contributed by atoms with Crippen LogP contribution in [0.2, 0.25) is 0 Å². The molecule has 0 saturated heterocycles. The van der Waals surface area contributed by atoms with Crippen LogP contribution >= 0.6 is 0 Å². The molecule has 0 unspecified atom stereocenters. The fourth-order valence-corrected chi connectivity index (χ4v) is 6.06. The first kappa shape index (κ1) is 25.1. The summed E-state index contributed by atoms with van der Waals surface area (Å²) in [7, 11) is 0. The van der Waals surface area contributed by atoms with Crippen molar-refractivity contribution < 1.29 is 29.0 Å². The molecule has 0 aliphatic rings. The molecule has 2 aromatic heterocycles. The molecule has 0 spiro atoms. The van der Waals surface area contributed by atoms with E-state index in [4.69, 9.17) is 4.98 Å². The molecule has 4 nitrogen and oxygen atoms in total. The fraction of sp³-hybridized carbons (Fsp3) is 0. The number of fused-ring (bicyclic) bond motifs is 4. The molecule has 0 atom stereocenters. The maximum Gasteiger partial charge on any atom is 1.00 e. The van der Waals surface area contributed by atoms with Gasteiger partial charge in [-0.25, -0.2) is 9.97 Å². The summed E-state index contributed by atoms with van der Waals surface area (Å²) in [6.07, 6.45) is 1.81. The normalized spacial score (nSPS) is 11.3. The van der Waals surface area contributed by atoms with Gasteiger partial charge in [-0.15, -0.1) is 0 Å². The number of hydrogen-bond donors (Lipinski definition) is 0. The van der Waals surface area contributed by atoms with E-state index < -0.39 is 0 Å². The van der Waals surface area contributed by atoms with E-state index >= 15 is 0 Å². The van der Waals surface area contributed by atoms with Crippen LogP contribution in [0.1, 0.15) is 0 Å². The number of nitrogens with zero attached hydrogens (tertiary/aromatic N) is 2. The minimum absolute atomic E-state index is 0. The fourth-order valence-electron chi connectivity index (χ4n) is 6.06. The smallest absolute Gasteiger partial charge is 0.868 e. The Morgan fingerprint density at radius 3 is 1.90 bits per heavy atom. The van der Waals surface area contributed by atoms with Crippen LogP contribution < -0.4 is 29.0 Å². The predicted molar refractivity (Wildman–Crippen MR) is 160 cm³/mol. The maximum atomic E-state index is 13.9. The first-order valence-corrected chi connectivity index (χ1v) is 13.4. The molecule has 0 aliphatic heterocycles. The second-order valence-electron chi connectivity index (χ2n) is 10.0. The number of aromatic nitrogens is 3. The van der Waals surface area contributed by atoms with Gasteiger partial charge in [0.1, 0.15) is 5.82 Å². The summed E-state index contributed by atoms with van der Waals surface area (Å²) in [5.74, 6) is 0.873. The largest absolute Gasteiger partial charge is 1.00 e. The molecule has 5 heteroatoms. The zero-order valence-electron chi connectivity index (χ0n) is 22.5. The van der Waals surface area contributed by atoms with Crippen molar-refractivity contribution in [2.24, 2.45) is 0 Å². The molecule has 41 heavy (non-hydrogen) atoms. The molecule has 8 rings (SSSR count). The number of hydrogen-bond acceptors (Lipinski definition) is 2. The molecule has 0 saturated carbocycles. The van der Waals surface area contributed by atoms with Crippen LogP contribution in [0.3, 0.4) is 0 Å². The Hall–Kier alpha value is -4.88. The molecule has 0 aliphatic carbocycles. The number of aromatic amines is 1. The first-order chi connectivity index (χ1) is 19.8. The summed E-state index contributed by atoms with van der Waals surface area (Å²) >= 11 is 0. The average Bonchev–Trinajstić information content (AvgIpc) is 3.40. The van der Waals surface area contributed by atoms with Crippen molar-refractivity contribution in [3.63, 3.8) is 0 Å². The number of H-pyrrole nitrogens is 1. The van der Waals surface area contributed by atoms with Crippen LogP contribution in [0.5, 0.6) is 5.75 Å². The SMILES string of the molecule is [Li+].[O-]c1c(-c2c3ccccc3c(-c3nc4ccccc4n3-c3ccccc3)c3ccccc23)ccc2ccc[nH+]c12. The molecule has 6 aromatic carbocycles. The third-order valence-corrected chi connectivity index (χ3v) is 7.79. The molecule has 2 heterocycles. The number of benzene rings is 6. The summed E-state index contributed by atoms with van der Waals surface area (Å²) in [6.45, 7) is 0. The van der Waals surface area contributed by atoms with Gasteiger partial charge in [0.05, 0.1) is 11.0 Å². The van der Waals surface area contributed by atoms with Crippen molar-refractivity contribution in [3.05, 3.63) is 134 Å². The van der Waals surface area contributed by atoms with E-state index in [1.54, 1.807) is 6.20 Å². The quantitative estimate of drug-likeness (QED) is 0.250. The summed E-state index contributed by atoms with van der Waals surface area (Å²) in [5, 5.41) is 18.9. The van der Waals surface area contributed by atoms with Crippen molar-refractivity contribution in [3.8, 4) is 34.0 Å². The average molecular weight is 521 g/mol. The van der Waals surface area contributed by atoms with E-state index in [-0.39, 0.29) is 24.6 Å². The van der Waals surface area contributed by atoms with Crippen LogP contribution in [-0.4, -0.2) is 9.55 Å². The number of para-hydroxylation sites is 3. The molecule has 1 N–H and O–H groups in total. The third-order valence-electron chi connectivity index (χ3n) is 7.79. The standard InChI is InChI=1S/C36H23N3O.Li/c40-35-29(21-20-23-11-10-22-37-34(23)35)32-25-14-4-6-16-27(25)33(28-17-7-5-15-26(28)32)36-38-30-18-8-9-19-31(30)39(36)24-12-2-1-3-13-24;/h1-22,40H;/q;+1. The van der Waals surface area contributed by atoms with Gasteiger partial charge >= 0.3 is 18.9 Å². The van der Waals surface area contributed by atoms with E-state index in [0.717, 1.165) is 60.6 Å². The van der Waals surface area contributed by atoms with Crippen LogP contribution in [-0.2, 0) is 0 Å². The summed E-state index contributed by atoms with van der Waals surface area (Å²) in [4.78, 5) is 8.39. The second kappa shape index (κ2) is 9.94. The van der Waals surface area contributed by atoms with Gasteiger partial charge < -0.3 is 5.11 Å². The molecular formula is C36H23LiN3O+. The number of imidazole rings is 1.